The smallest absolute Gasteiger partial charge is 0.238 e. The predicted molar refractivity (Wildman–Crippen MR) is 458 cm³/mol. The molecule has 2 aliphatic carbocycles. The Morgan fingerprint density at radius 2 is 0.544 bits per heavy atom. The van der Waals surface area contributed by atoms with E-state index in [9.17, 15) is 0 Å². The van der Waals surface area contributed by atoms with Gasteiger partial charge < -0.3 is 18.6 Å². The van der Waals surface area contributed by atoms with Gasteiger partial charge >= 0.3 is 0 Å². The second-order valence-electron chi connectivity index (χ2n) is 29.5. The molecule has 0 saturated carbocycles. The van der Waals surface area contributed by atoms with Crippen LogP contribution in [0.25, 0.3) is 169 Å². The number of hydrogen-bond acceptors (Lipinski definition) is 8. The first-order chi connectivity index (χ1) is 56.5. The van der Waals surface area contributed by atoms with Crippen LogP contribution in [0.1, 0.15) is 57.7 Å². The summed E-state index contributed by atoms with van der Waals surface area (Å²) in [6.45, 7) is 0. The number of ether oxygens (including phenoxy) is 2. The number of rotatable bonds is 10. The maximum atomic E-state index is 6.93. The molecule has 0 saturated heterocycles. The summed E-state index contributed by atoms with van der Waals surface area (Å²) in [5.74, 6) is 5.43. The van der Waals surface area contributed by atoms with E-state index in [1.54, 1.807) is 0 Å². The minimum atomic E-state index is -0.176. The molecular formula is C102H66N10O2. The minimum Gasteiger partial charge on any atom is -0.484 e. The fraction of sp³-hybridized carbons (Fsp3) is 0.0392. The Hall–Kier alpha value is -15.1. The average Bonchev–Trinajstić information content (AvgIpc) is 1.56. The predicted octanol–water partition coefficient (Wildman–Crippen LogP) is 24.3. The van der Waals surface area contributed by atoms with Crippen molar-refractivity contribution < 1.29 is 9.47 Å². The molecule has 4 unspecified atom stereocenters. The summed E-state index contributed by atoms with van der Waals surface area (Å²) in [4.78, 5) is 31.2. The summed E-state index contributed by atoms with van der Waals surface area (Å²) in [5, 5.41) is 7.03. The Labute approximate surface area is 655 Å². The molecule has 0 bridgehead atoms. The van der Waals surface area contributed by atoms with E-state index in [4.69, 9.17) is 39.4 Å². The van der Waals surface area contributed by atoms with Gasteiger partial charge in [-0.3, -0.25) is 9.13 Å². The summed E-state index contributed by atoms with van der Waals surface area (Å²) in [7, 11) is 0. The van der Waals surface area contributed by atoms with Crippen molar-refractivity contribution in [3.8, 4) is 103 Å². The molecule has 6 aromatic heterocycles. The monoisotopic (exact) mass is 1460 g/mol. The molecule has 8 heterocycles. The Balaban J connectivity index is 0.000000135. The van der Waals surface area contributed by atoms with Crippen LogP contribution in [-0.4, -0.2) is 48.2 Å². The molecule has 4 atom stereocenters. The molecule has 24 rings (SSSR count). The van der Waals surface area contributed by atoms with Crippen molar-refractivity contribution in [2.24, 2.45) is 0 Å². The molecule has 0 N–H and O–H groups in total. The van der Waals surface area contributed by atoms with Crippen molar-refractivity contribution >= 4 is 77.6 Å². The van der Waals surface area contributed by atoms with Crippen LogP contribution in [0.2, 0.25) is 0 Å². The molecule has 114 heavy (non-hydrogen) atoms. The van der Waals surface area contributed by atoms with Gasteiger partial charge in [0, 0.05) is 100 Å². The van der Waals surface area contributed by atoms with Crippen LogP contribution in [0.3, 0.4) is 0 Å². The molecule has 0 spiro atoms. The normalized spacial score (nSPS) is 15.4. The molecule has 20 aromatic rings. The Kier molecular flexibility index (Phi) is 14.9. The summed E-state index contributed by atoms with van der Waals surface area (Å²) >= 11 is 0. The van der Waals surface area contributed by atoms with Crippen LogP contribution >= 0.6 is 0 Å². The lowest BCUT2D eigenvalue weighted by molar-refractivity contribution is 0.224. The lowest BCUT2D eigenvalue weighted by Gasteiger charge is -2.22. The van der Waals surface area contributed by atoms with E-state index in [1.807, 2.05) is 24.3 Å². The van der Waals surface area contributed by atoms with Gasteiger partial charge in [-0.1, -0.05) is 261 Å². The van der Waals surface area contributed by atoms with E-state index in [0.29, 0.717) is 35.2 Å². The number of hydrogen-bond donors (Lipinski definition) is 0. The van der Waals surface area contributed by atoms with Gasteiger partial charge in [-0.25, -0.2) is 9.97 Å². The number of fused-ring (bicyclic) bond motifs is 20. The van der Waals surface area contributed by atoms with E-state index in [-0.39, 0.29) is 24.0 Å². The SMILES string of the molecule is C1=CC2c3cc(-c4nc(-c5cccc(-c6ccccc6)c5)nc(-n5c6ccccc6c6ccccc65)n4)ccc3OC2c2c1n(-c1ccccc1)c1ccccc21.C1=CC2c3cc(-c4nc(-c5ccccc5)nc(-n5c6ccccc6c6ccccc65)n4)ccc3OC2c2c1n(-c1cccc(-c3ccccc3)c1)c1ccccc21. The molecule has 0 radical (unpaired) electrons. The van der Waals surface area contributed by atoms with Gasteiger partial charge in [0.25, 0.3) is 0 Å². The van der Waals surface area contributed by atoms with Crippen molar-refractivity contribution in [1.29, 1.82) is 0 Å². The van der Waals surface area contributed by atoms with Crippen LogP contribution in [0.15, 0.2) is 364 Å². The molecule has 0 amide bonds. The molecule has 12 nitrogen and oxygen atoms in total. The Bertz CT molecular complexity index is 7240. The second kappa shape index (κ2) is 26.3. The van der Waals surface area contributed by atoms with Crippen molar-refractivity contribution in [3.05, 3.63) is 398 Å². The van der Waals surface area contributed by atoms with Crippen molar-refractivity contribution in [1.82, 2.24) is 48.2 Å². The number of aromatic nitrogens is 10. The standard InChI is InChI=1S/2C51H33N5O/c1-3-14-32(15-4-1)33-16-13-17-34(30-33)49-52-50(54-51(53-49)56-42-23-10-7-20-37(42)38-21-8-11-24-43(38)56)35-26-29-46-41(31-35)39-27-28-45-47(48(39)57-46)40-22-9-12-25-44(40)55(45)36-18-5-2-6-19-36;1-3-14-32(15-4-1)34-18-13-19-36(30-34)55-44-25-12-9-22-40(44)47-45(55)28-27-39-41-31-35(26-29-46(41)57-48(39)47)50-52-49(33-16-5-2-6-17-33)53-51(54-50)56-42-23-10-7-20-37(42)38-21-8-11-24-43(38)56/h2*1-31,39,48H. The van der Waals surface area contributed by atoms with E-state index < -0.39 is 0 Å². The van der Waals surface area contributed by atoms with Crippen molar-refractivity contribution in [2.75, 3.05) is 0 Å². The first-order valence-corrected chi connectivity index (χ1v) is 38.7. The van der Waals surface area contributed by atoms with Crippen LogP contribution in [-0.2, 0) is 0 Å². The molecule has 0 fully saturated rings. The Morgan fingerprint density at radius 3 is 0.982 bits per heavy atom. The van der Waals surface area contributed by atoms with Crippen LogP contribution in [0.5, 0.6) is 11.5 Å². The third-order valence-corrected chi connectivity index (χ3v) is 23.1. The van der Waals surface area contributed by atoms with Gasteiger partial charge in [-0.15, -0.1) is 0 Å². The quantitative estimate of drug-likeness (QED) is 0.133. The third kappa shape index (κ3) is 10.5. The topological polar surface area (TPSA) is 116 Å². The highest BCUT2D eigenvalue weighted by Gasteiger charge is 2.42. The molecular weight excluding hydrogens is 1400 g/mol. The van der Waals surface area contributed by atoms with Gasteiger partial charge in [0.05, 0.1) is 44.5 Å². The third-order valence-electron chi connectivity index (χ3n) is 23.1. The molecule has 12 heteroatoms. The highest BCUT2D eigenvalue weighted by molar-refractivity contribution is 6.10. The molecule has 4 aliphatic rings. The van der Waals surface area contributed by atoms with Gasteiger partial charge in [-0.05, 0) is 138 Å². The lowest BCUT2D eigenvalue weighted by Crippen LogP contribution is -2.13. The number of benzene rings is 14. The van der Waals surface area contributed by atoms with E-state index in [0.717, 1.165) is 128 Å². The number of nitrogens with zero attached hydrogens (tertiary/aromatic N) is 10. The van der Waals surface area contributed by atoms with Crippen molar-refractivity contribution in [3.63, 3.8) is 0 Å². The fourth-order valence-corrected chi connectivity index (χ4v) is 18.0. The van der Waals surface area contributed by atoms with Gasteiger partial charge in [0.15, 0.2) is 23.3 Å². The summed E-state index contributed by atoms with van der Waals surface area (Å²) in [5.41, 5.74) is 24.1. The largest absolute Gasteiger partial charge is 0.484 e. The van der Waals surface area contributed by atoms with Gasteiger partial charge in [0.1, 0.15) is 23.7 Å². The van der Waals surface area contributed by atoms with Gasteiger partial charge in [-0.2, -0.15) is 19.9 Å². The number of para-hydroxylation sites is 7. The summed E-state index contributed by atoms with van der Waals surface area (Å²) in [6, 6.07) is 123. The van der Waals surface area contributed by atoms with Crippen molar-refractivity contribution in [2.45, 2.75) is 24.0 Å². The first kappa shape index (κ1) is 64.8. The van der Waals surface area contributed by atoms with E-state index >= 15 is 0 Å². The Morgan fingerprint density at radius 1 is 0.228 bits per heavy atom. The lowest BCUT2D eigenvalue weighted by atomic mass is 9.85. The van der Waals surface area contributed by atoms with Crippen LogP contribution < -0.4 is 9.47 Å². The highest BCUT2D eigenvalue weighted by Crippen LogP contribution is 2.56. The zero-order valence-electron chi connectivity index (χ0n) is 61.4. The summed E-state index contributed by atoms with van der Waals surface area (Å²) in [6.07, 6.45) is 8.84. The zero-order chi connectivity index (χ0) is 74.9. The fourth-order valence-electron chi connectivity index (χ4n) is 18.0. The molecule has 2 aliphatic heterocycles. The molecule has 14 aromatic carbocycles. The average molecular weight is 1460 g/mol. The maximum Gasteiger partial charge on any atom is 0.238 e. The van der Waals surface area contributed by atoms with Crippen LogP contribution in [0, 0.1) is 0 Å². The maximum absolute atomic E-state index is 6.93. The zero-order valence-corrected chi connectivity index (χ0v) is 61.4. The highest BCUT2D eigenvalue weighted by atomic mass is 16.5. The van der Waals surface area contributed by atoms with Crippen LogP contribution in [0.4, 0.5) is 0 Å². The van der Waals surface area contributed by atoms with E-state index in [2.05, 4.69) is 370 Å². The van der Waals surface area contributed by atoms with Gasteiger partial charge in [0.2, 0.25) is 11.9 Å². The molecule has 536 valence electrons. The summed E-state index contributed by atoms with van der Waals surface area (Å²) < 4.78 is 22.9. The minimum absolute atomic E-state index is 0.0228. The van der Waals surface area contributed by atoms with E-state index in [1.165, 1.54) is 38.5 Å². The first-order valence-electron chi connectivity index (χ1n) is 38.7. The second-order valence-corrected chi connectivity index (χ2v) is 29.5.